The molecule has 23 heavy (non-hydrogen) atoms. The van der Waals surface area contributed by atoms with Gasteiger partial charge in [0, 0.05) is 10.9 Å². The highest BCUT2D eigenvalue weighted by Crippen LogP contribution is 2.32. The Labute approximate surface area is 145 Å². The fourth-order valence-corrected chi connectivity index (χ4v) is 2.56. The molecular weight excluding hydrogens is 356 g/mol. The molecule has 0 bridgehead atoms. The van der Waals surface area contributed by atoms with Crippen LogP contribution >= 0.6 is 15.9 Å². The third kappa shape index (κ3) is 4.35. The van der Waals surface area contributed by atoms with Crippen LogP contribution in [0.25, 0.3) is 11.1 Å². The van der Waals surface area contributed by atoms with Crippen LogP contribution in [0.2, 0.25) is 0 Å². The lowest BCUT2D eigenvalue weighted by atomic mass is 10.0. The fourth-order valence-electron chi connectivity index (χ4n) is 2.19. The molecule has 0 amide bonds. The first-order valence-corrected chi connectivity index (χ1v) is 8.70. The Morgan fingerprint density at radius 1 is 1.09 bits per heavy atom. The van der Waals surface area contributed by atoms with Crippen molar-refractivity contribution in [3.63, 3.8) is 0 Å². The molecule has 0 fully saturated rings. The molecule has 0 saturated carbocycles. The predicted molar refractivity (Wildman–Crippen MR) is 95.8 cm³/mol. The summed E-state index contributed by atoms with van der Waals surface area (Å²) in [6, 6.07) is 15.9. The molecule has 0 N–H and O–H groups in total. The summed E-state index contributed by atoms with van der Waals surface area (Å²) in [5.41, 5.74) is 2.16. The van der Waals surface area contributed by atoms with Crippen molar-refractivity contribution in [2.24, 2.45) is 0 Å². The van der Waals surface area contributed by atoms with Gasteiger partial charge in [-0.25, -0.2) is 4.79 Å². The second-order valence-electron chi connectivity index (χ2n) is 5.66. The van der Waals surface area contributed by atoms with Gasteiger partial charge in [-0.15, -0.1) is 0 Å². The summed E-state index contributed by atoms with van der Waals surface area (Å²) in [6.45, 7) is 5.56. The van der Waals surface area contributed by atoms with Gasteiger partial charge in [-0.1, -0.05) is 58.4 Å². The van der Waals surface area contributed by atoms with Gasteiger partial charge in [-0.2, -0.15) is 0 Å². The van der Waals surface area contributed by atoms with E-state index in [1.807, 2.05) is 24.3 Å². The van der Waals surface area contributed by atoms with Gasteiger partial charge < -0.3 is 9.47 Å². The quantitative estimate of drug-likeness (QED) is 0.527. The van der Waals surface area contributed by atoms with Crippen molar-refractivity contribution in [3.8, 4) is 16.9 Å². The van der Waals surface area contributed by atoms with Crippen LogP contribution in [0.15, 0.2) is 48.5 Å². The number of halogens is 1. The Morgan fingerprint density at radius 3 is 2.35 bits per heavy atom. The van der Waals surface area contributed by atoms with E-state index in [9.17, 15) is 4.79 Å². The van der Waals surface area contributed by atoms with Gasteiger partial charge in [0.05, 0.1) is 6.61 Å². The van der Waals surface area contributed by atoms with Crippen LogP contribution < -0.4 is 4.74 Å². The highest BCUT2D eigenvalue weighted by molar-refractivity contribution is 9.08. The maximum Gasteiger partial charge on any atom is 0.349 e. The van der Waals surface area contributed by atoms with Crippen molar-refractivity contribution in [2.45, 2.75) is 31.7 Å². The van der Waals surface area contributed by atoms with Crippen LogP contribution in [0.3, 0.4) is 0 Å². The van der Waals surface area contributed by atoms with Crippen molar-refractivity contribution < 1.29 is 14.3 Å². The standard InChI is InChI=1S/C19H21BrO3/c1-4-22-18(21)19(2,3)23-17-8-6-5-7-16(17)15-11-9-14(13-20)10-12-15/h5-12H,4,13H2,1-3H3. The maximum absolute atomic E-state index is 12.0. The van der Waals surface area contributed by atoms with Crippen molar-refractivity contribution in [3.05, 3.63) is 54.1 Å². The van der Waals surface area contributed by atoms with Crippen LogP contribution in [-0.4, -0.2) is 18.2 Å². The Hall–Kier alpha value is -1.81. The zero-order valence-electron chi connectivity index (χ0n) is 13.6. The molecule has 0 radical (unpaired) electrons. The van der Waals surface area contributed by atoms with Gasteiger partial charge >= 0.3 is 5.97 Å². The average Bonchev–Trinajstić information content (AvgIpc) is 2.55. The molecule has 0 aliphatic heterocycles. The predicted octanol–water partition coefficient (Wildman–Crippen LogP) is 4.97. The Bertz CT molecular complexity index is 663. The third-order valence-corrected chi connectivity index (χ3v) is 4.09. The van der Waals surface area contributed by atoms with Crippen molar-refractivity contribution in [2.75, 3.05) is 6.61 Å². The van der Waals surface area contributed by atoms with Crippen LogP contribution in [0.1, 0.15) is 26.3 Å². The van der Waals surface area contributed by atoms with E-state index in [4.69, 9.17) is 9.47 Å². The average molecular weight is 377 g/mol. The van der Waals surface area contributed by atoms with Crippen molar-refractivity contribution >= 4 is 21.9 Å². The number of ether oxygens (including phenoxy) is 2. The minimum atomic E-state index is -1.04. The van der Waals surface area contributed by atoms with E-state index in [1.54, 1.807) is 20.8 Å². The monoisotopic (exact) mass is 376 g/mol. The molecule has 122 valence electrons. The molecule has 0 aromatic heterocycles. The van der Waals surface area contributed by atoms with E-state index in [1.165, 1.54) is 5.56 Å². The topological polar surface area (TPSA) is 35.5 Å². The Balaban J connectivity index is 2.31. The van der Waals surface area contributed by atoms with Gasteiger partial charge in [0.15, 0.2) is 5.60 Å². The number of carbonyl (C=O) groups excluding carboxylic acids is 1. The van der Waals surface area contributed by atoms with Crippen LogP contribution in [0.5, 0.6) is 5.75 Å². The number of alkyl halides is 1. The SMILES string of the molecule is CCOC(=O)C(C)(C)Oc1ccccc1-c1ccc(CBr)cc1. The summed E-state index contributed by atoms with van der Waals surface area (Å²) in [5.74, 6) is 0.293. The molecule has 0 aliphatic carbocycles. The second-order valence-corrected chi connectivity index (χ2v) is 6.22. The van der Waals surface area contributed by atoms with Gasteiger partial charge in [-0.05, 0) is 38.0 Å². The number of carbonyl (C=O) groups is 1. The first-order valence-electron chi connectivity index (χ1n) is 7.58. The van der Waals surface area contributed by atoms with Crippen LogP contribution in [0.4, 0.5) is 0 Å². The molecule has 0 heterocycles. The molecule has 3 nitrogen and oxygen atoms in total. The van der Waals surface area contributed by atoms with Gasteiger partial charge in [-0.3, -0.25) is 0 Å². The van der Waals surface area contributed by atoms with Gasteiger partial charge in [0.25, 0.3) is 0 Å². The lowest BCUT2D eigenvalue weighted by Crippen LogP contribution is -2.39. The smallest absolute Gasteiger partial charge is 0.349 e. The number of benzene rings is 2. The maximum atomic E-state index is 12.0. The van der Waals surface area contributed by atoms with Crippen LogP contribution in [-0.2, 0) is 14.9 Å². The zero-order chi connectivity index (χ0) is 16.9. The van der Waals surface area contributed by atoms with Gasteiger partial charge in [0.1, 0.15) is 5.75 Å². The Morgan fingerprint density at radius 2 is 1.74 bits per heavy atom. The summed E-state index contributed by atoms with van der Waals surface area (Å²) in [5, 5.41) is 0.821. The highest BCUT2D eigenvalue weighted by atomic mass is 79.9. The van der Waals surface area contributed by atoms with E-state index >= 15 is 0 Å². The van der Waals surface area contributed by atoms with E-state index in [-0.39, 0.29) is 5.97 Å². The minimum absolute atomic E-state index is 0.335. The Kier molecular flexibility index (Phi) is 5.83. The summed E-state index contributed by atoms with van der Waals surface area (Å²) >= 11 is 3.45. The zero-order valence-corrected chi connectivity index (χ0v) is 15.2. The number of hydrogen-bond acceptors (Lipinski definition) is 3. The second kappa shape index (κ2) is 7.64. The highest BCUT2D eigenvalue weighted by Gasteiger charge is 2.32. The lowest BCUT2D eigenvalue weighted by Gasteiger charge is -2.25. The molecule has 2 rings (SSSR count). The van der Waals surface area contributed by atoms with Crippen LogP contribution in [0, 0.1) is 0 Å². The fraction of sp³-hybridized carbons (Fsp3) is 0.316. The van der Waals surface area contributed by atoms with E-state index in [0.717, 1.165) is 16.5 Å². The molecule has 4 heteroatoms. The minimum Gasteiger partial charge on any atom is -0.476 e. The molecule has 2 aromatic carbocycles. The van der Waals surface area contributed by atoms with Gasteiger partial charge in [0.2, 0.25) is 0 Å². The summed E-state index contributed by atoms with van der Waals surface area (Å²) < 4.78 is 11.1. The summed E-state index contributed by atoms with van der Waals surface area (Å²) in [7, 11) is 0. The lowest BCUT2D eigenvalue weighted by molar-refractivity contribution is -0.158. The molecule has 0 saturated heterocycles. The number of esters is 1. The first kappa shape index (κ1) is 17.5. The van der Waals surface area contributed by atoms with E-state index in [0.29, 0.717) is 12.4 Å². The number of hydrogen-bond donors (Lipinski definition) is 0. The van der Waals surface area contributed by atoms with E-state index in [2.05, 4.69) is 40.2 Å². The number of para-hydroxylation sites is 1. The number of rotatable bonds is 6. The largest absolute Gasteiger partial charge is 0.476 e. The van der Waals surface area contributed by atoms with Crippen molar-refractivity contribution in [1.82, 2.24) is 0 Å². The molecule has 0 unspecified atom stereocenters. The molecular formula is C19H21BrO3. The summed E-state index contributed by atoms with van der Waals surface area (Å²) in [4.78, 5) is 12.0. The molecule has 0 aliphatic rings. The van der Waals surface area contributed by atoms with E-state index < -0.39 is 5.60 Å². The first-order chi connectivity index (χ1) is 11.0. The molecule has 2 aromatic rings. The third-order valence-electron chi connectivity index (χ3n) is 3.44. The molecule has 0 spiro atoms. The normalized spacial score (nSPS) is 11.1. The summed E-state index contributed by atoms with van der Waals surface area (Å²) in [6.07, 6.45) is 0. The molecule has 0 atom stereocenters. The van der Waals surface area contributed by atoms with Crippen molar-refractivity contribution in [1.29, 1.82) is 0 Å².